The minimum Gasteiger partial charge on any atom is -0.452 e. The number of rotatable bonds is 5. The first-order valence-corrected chi connectivity index (χ1v) is 10.2. The number of aromatic nitrogens is 1. The molecule has 1 aliphatic heterocycles. The second-order valence-corrected chi connectivity index (χ2v) is 7.95. The Kier molecular flexibility index (Phi) is 5.74. The SMILES string of the molecule is Cc1c(OC(=O)CCc2cc(Cl)no2)ccc2c1O/C(=C\c1cccc(Br)c1)C2=O. The van der Waals surface area contributed by atoms with Crippen molar-refractivity contribution in [3.05, 3.63) is 80.3 Å². The fraction of sp³-hybridized carbons (Fsp3) is 0.136. The minimum atomic E-state index is -0.445. The van der Waals surface area contributed by atoms with E-state index in [4.69, 9.17) is 25.6 Å². The molecule has 1 aliphatic rings. The molecule has 0 spiro atoms. The first-order chi connectivity index (χ1) is 14.4. The third-order valence-corrected chi connectivity index (χ3v) is 5.18. The molecule has 0 radical (unpaired) electrons. The number of halogens is 2. The summed E-state index contributed by atoms with van der Waals surface area (Å²) in [7, 11) is 0. The van der Waals surface area contributed by atoms with E-state index in [0.29, 0.717) is 34.8 Å². The van der Waals surface area contributed by atoms with Crippen LogP contribution < -0.4 is 9.47 Å². The first kappa shape index (κ1) is 20.4. The molecule has 1 aromatic heterocycles. The van der Waals surface area contributed by atoms with Gasteiger partial charge < -0.3 is 14.0 Å². The molecule has 0 fully saturated rings. The third-order valence-electron chi connectivity index (χ3n) is 4.51. The maximum Gasteiger partial charge on any atom is 0.311 e. The normalized spacial score (nSPS) is 14.0. The number of ether oxygens (including phenoxy) is 2. The number of esters is 1. The molecule has 0 saturated carbocycles. The first-order valence-electron chi connectivity index (χ1n) is 9.06. The quantitative estimate of drug-likeness (QED) is 0.266. The van der Waals surface area contributed by atoms with Crippen molar-refractivity contribution in [2.45, 2.75) is 19.8 Å². The monoisotopic (exact) mass is 487 g/mol. The van der Waals surface area contributed by atoms with Crippen LogP contribution in [0.4, 0.5) is 0 Å². The van der Waals surface area contributed by atoms with E-state index in [1.54, 1.807) is 31.2 Å². The van der Waals surface area contributed by atoms with Crippen molar-refractivity contribution in [1.29, 1.82) is 0 Å². The predicted molar refractivity (Wildman–Crippen MR) is 114 cm³/mol. The Morgan fingerprint density at radius 3 is 2.83 bits per heavy atom. The fourth-order valence-electron chi connectivity index (χ4n) is 3.03. The standard InChI is InChI=1S/C22H15BrClNO5/c1-12-17(28-20(26)8-5-15-11-19(24)25-30-15)7-6-16-21(27)18(29-22(12)16)10-13-3-2-4-14(23)9-13/h2-4,6-7,9-11H,5,8H2,1H3/b18-10-. The van der Waals surface area contributed by atoms with Gasteiger partial charge >= 0.3 is 5.97 Å². The van der Waals surface area contributed by atoms with Crippen molar-refractivity contribution in [1.82, 2.24) is 5.16 Å². The zero-order valence-electron chi connectivity index (χ0n) is 15.8. The zero-order valence-corrected chi connectivity index (χ0v) is 18.1. The highest BCUT2D eigenvalue weighted by Gasteiger charge is 2.30. The Labute approximate surface area is 185 Å². The molecule has 0 aliphatic carbocycles. The van der Waals surface area contributed by atoms with E-state index in [2.05, 4.69) is 21.1 Å². The van der Waals surface area contributed by atoms with Gasteiger partial charge in [-0.25, -0.2) is 0 Å². The van der Waals surface area contributed by atoms with Crippen LogP contribution in [0.15, 0.2) is 57.2 Å². The van der Waals surface area contributed by atoms with E-state index in [-0.39, 0.29) is 23.1 Å². The molecule has 4 rings (SSSR count). The Morgan fingerprint density at radius 1 is 1.27 bits per heavy atom. The van der Waals surface area contributed by atoms with Crippen molar-refractivity contribution in [3.63, 3.8) is 0 Å². The lowest BCUT2D eigenvalue weighted by atomic mass is 10.1. The molecule has 152 valence electrons. The summed E-state index contributed by atoms with van der Waals surface area (Å²) in [6.45, 7) is 1.74. The van der Waals surface area contributed by atoms with Crippen LogP contribution in [-0.2, 0) is 11.2 Å². The van der Waals surface area contributed by atoms with Gasteiger partial charge in [-0.1, -0.05) is 44.8 Å². The van der Waals surface area contributed by atoms with Gasteiger partial charge in [-0.05, 0) is 42.8 Å². The molecule has 0 N–H and O–H groups in total. The van der Waals surface area contributed by atoms with Crippen molar-refractivity contribution >= 4 is 45.4 Å². The van der Waals surface area contributed by atoms with E-state index >= 15 is 0 Å². The van der Waals surface area contributed by atoms with Crippen LogP contribution in [0.2, 0.25) is 5.15 Å². The van der Waals surface area contributed by atoms with Crippen molar-refractivity contribution in [2.75, 3.05) is 0 Å². The van der Waals surface area contributed by atoms with Gasteiger partial charge in [-0.2, -0.15) is 0 Å². The summed E-state index contributed by atoms with van der Waals surface area (Å²) in [5.41, 5.74) is 1.84. The summed E-state index contributed by atoms with van der Waals surface area (Å²) in [5, 5.41) is 3.80. The summed E-state index contributed by atoms with van der Waals surface area (Å²) in [5.74, 6) is 0.795. The Morgan fingerprint density at radius 2 is 2.10 bits per heavy atom. The van der Waals surface area contributed by atoms with Crippen molar-refractivity contribution in [2.24, 2.45) is 0 Å². The van der Waals surface area contributed by atoms with Crippen molar-refractivity contribution < 1.29 is 23.6 Å². The van der Waals surface area contributed by atoms with Gasteiger partial charge in [-0.3, -0.25) is 9.59 Å². The average Bonchev–Trinajstić information content (AvgIpc) is 3.26. The number of fused-ring (bicyclic) bond motifs is 1. The zero-order chi connectivity index (χ0) is 21.3. The molecular formula is C22H15BrClNO5. The molecule has 2 aromatic carbocycles. The molecule has 0 atom stereocenters. The van der Waals surface area contributed by atoms with Gasteiger partial charge in [0.05, 0.1) is 12.0 Å². The van der Waals surface area contributed by atoms with E-state index < -0.39 is 5.97 Å². The van der Waals surface area contributed by atoms with Crippen LogP contribution in [0.3, 0.4) is 0 Å². The summed E-state index contributed by atoms with van der Waals surface area (Å²) < 4.78 is 17.1. The van der Waals surface area contributed by atoms with E-state index in [9.17, 15) is 9.59 Å². The molecule has 30 heavy (non-hydrogen) atoms. The maximum absolute atomic E-state index is 12.7. The topological polar surface area (TPSA) is 78.6 Å². The van der Waals surface area contributed by atoms with E-state index in [1.165, 1.54) is 0 Å². The lowest BCUT2D eigenvalue weighted by molar-refractivity contribution is -0.134. The number of aryl methyl sites for hydroxylation is 1. The van der Waals surface area contributed by atoms with Crippen LogP contribution in [0.1, 0.15) is 33.7 Å². The van der Waals surface area contributed by atoms with Gasteiger partial charge in [0.25, 0.3) is 0 Å². The van der Waals surface area contributed by atoms with Crippen LogP contribution in [0.5, 0.6) is 11.5 Å². The smallest absolute Gasteiger partial charge is 0.311 e. The largest absolute Gasteiger partial charge is 0.452 e. The molecule has 2 heterocycles. The second kappa shape index (κ2) is 8.45. The number of carbonyl (C=O) groups excluding carboxylic acids is 2. The summed E-state index contributed by atoms with van der Waals surface area (Å²) in [6, 6.07) is 12.3. The summed E-state index contributed by atoms with van der Waals surface area (Å²) in [6.07, 6.45) is 2.09. The summed E-state index contributed by atoms with van der Waals surface area (Å²) >= 11 is 9.10. The number of nitrogens with zero attached hydrogens (tertiary/aromatic N) is 1. The van der Waals surface area contributed by atoms with Gasteiger partial charge in [0, 0.05) is 22.5 Å². The van der Waals surface area contributed by atoms with E-state index in [1.807, 2.05) is 24.3 Å². The molecule has 8 heteroatoms. The Bertz CT molecular complexity index is 1180. The highest BCUT2D eigenvalue weighted by molar-refractivity contribution is 9.10. The van der Waals surface area contributed by atoms with Crippen LogP contribution >= 0.6 is 27.5 Å². The van der Waals surface area contributed by atoms with Gasteiger partial charge in [0.1, 0.15) is 17.3 Å². The maximum atomic E-state index is 12.7. The molecule has 0 amide bonds. The lowest BCUT2D eigenvalue weighted by Crippen LogP contribution is -2.10. The lowest BCUT2D eigenvalue weighted by Gasteiger charge is -2.09. The number of ketones is 1. The van der Waals surface area contributed by atoms with Gasteiger partial charge in [-0.15, -0.1) is 0 Å². The molecule has 0 saturated heterocycles. The molecule has 0 unspecified atom stereocenters. The average molecular weight is 489 g/mol. The Balaban J connectivity index is 1.49. The van der Waals surface area contributed by atoms with Crippen LogP contribution in [-0.4, -0.2) is 16.9 Å². The van der Waals surface area contributed by atoms with Gasteiger partial charge in [0.2, 0.25) is 5.78 Å². The third kappa shape index (κ3) is 4.32. The molecule has 6 nitrogen and oxygen atoms in total. The number of hydrogen-bond donors (Lipinski definition) is 0. The Hall–Kier alpha value is -2.90. The highest BCUT2D eigenvalue weighted by Crippen LogP contribution is 2.39. The number of benzene rings is 2. The summed E-state index contributed by atoms with van der Waals surface area (Å²) in [4.78, 5) is 24.9. The fourth-order valence-corrected chi connectivity index (χ4v) is 3.60. The second-order valence-electron chi connectivity index (χ2n) is 6.65. The van der Waals surface area contributed by atoms with Gasteiger partial charge in [0.15, 0.2) is 10.9 Å². The number of allylic oxidation sites excluding steroid dienone is 1. The van der Waals surface area contributed by atoms with Crippen LogP contribution in [0.25, 0.3) is 6.08 Å². The number of carbonyl (C=O) groups is 2. The van der Waals surface area contributed by atoms with E-state index in [0.717, 1.165) is 10.0 Å². The minimum absolute atomic E-state index is 0.0931. The number of hydrogen-bond acceptors (Lipinski definition) is 6. The highest BCUT2D eigenvalue weighted by atomic mass is 79.9. The number of Topliss-reactive ketones (excluding diaryl/α,β-unsaturated/α-hetero) is 1. The van der Waals surface area contributed by atoms with Crippen LogP contribution in [0, 0.1) is 6.92 Å². The predicted octanol–water partition coefficient (Wildman–Crippen LogP) is 5.55. The van der Waals surface area contributed by atoms with Crippen molar-refractivity contribution in [3.8, 4) is 11.5 Å². The molecule has 0 bridgehead atoms. The molecular weight excluding hydrogens is 474 g/mol. The molecule has 3 aromatic rings.